The molecule has 0 saturated carbocycles. The smallest absolute Gasteiger partial charge is 0.261 e. The molecule has 0 atom stereocenters. The molecule has 0 aliphatic rings. The minimum atomic E-state index is -0.392. The normalized spacial score (nSPS) is 10.2. The fourth-order valence-electron chi connectivity index (χ4n) is 2.97. The van der Waals surface area contributed by atoms with Gasteiger partial charge in [-0.25, -0.2) is 0 Å². The number of thiocarbonyl (C=S) groups is 1. The van der Waals surface area contributed by atoms with Crippen LogP contribution in [0.1, 0.15) is 39.6 Å². The van der Waals surface area contributed by atoms with E-state index in [4.69, 9.17) is 17.0 Å². The molecular weight excluding hydrogens is 502 g/mol. The van der Waals surface area contributed by atoms with Gasteiger partial charge in [-0.2, -0.15) is 0 Å². The summed E-state index contributed by atoms with van der Waals surface area (Å²) >= 11 is 8.68. The van der Waals surface area contributed by atoms with Crippen LogP contribution in [0.25, 0.3) is 0 Å². The maximum Gasteiger partial charge on any atom is 0.261 e. The van der Waals surface area contributed by atoms with Crippen LogP contribution in [0.5, 0.6) is 5.75 Å². The minimum Gasteiger partial charge on any atom is -0.493 e. The molecule has 33 heavy (non-hydrogen) atoms. The monoisotopic (exact) mass is 525 g/mol. The van der Waals surface area contributed by atoms with Crippen molar-refractivity contribution in [2.24, 2.45) is 0 Å². The van der Waals surface area contributed by atoms with E-state index >= 15 is 0 Å². The van der Waals surface area contributed by atoms with Gasteiger partial charge in [0.15, 0.2) is 5.11 Å². The summed E-state index contributed by atoms with van der Waals surface area (Å²) in [5.41, 5.74) is 2.45. The Balaban J connectivity index is 1.61. The van der Waals surface area contributed by atoms with E-state index in [-0.39, 0.29) is 11.0 Å². The zero-order valence-electron chi connectivity index (χ0n) is 18.1. The van der Waals surface area contributed by atoms with Crippen LogP contribution in [0.4, 0.5) is 5.69 Å². The first-order chi connectivity index (χ1) is 16.0. The van der Waals surface area contributed by atoms with Crippen molar-refractivity contribution < 1.29 is 14.3 Å². The lowest BCUT2D eigenvalue weighted by atomic mass is 10.1. The van der Waals surface area contributed by atoms with E-state index in [0.29, 0.717) is 35.7 Å². The molecule has 3 N–H and O–H groups in total. The first kappa shape index (κ1) is 24.4. The lowest BCUT2D eigenvalue weighted by Gasteiger charge is -2.14. The van der Waals surface area contributed by atoms with Gasteiger partial charge in [0.25, 0.3) is 11.8 Å². The second-order valence-electron chi connectivity index (χ2n) is 7.15. The molecule has 0 aromatic heterocycles. The number of hydrogen-bond acceptors (Lipinski definition) is 4. The quantitative estimate of drug-likeness (QED) is 0.348. The van der Waals surface area contributed by atoms with Crippen molar-refractivity contribution in [1.82, 2.24) is 10.6 Å². The summed E-state index contributed by atoms with van der Waals surface area (Å²) < 4.78 is 6.42. The van der Waals surface area contributed by atoms with Gasteiger partial charge in [0.2, 0.25) is 0 Å². The van der Waals surface area contributed by atoms with Crippen LogP contribution in [-0.4, -0.2) is 23.5 Å². The number of rotatable bonds is 8. The third-order valence-electron chi connectivity index (χ3n) is 4.55. The number of ether oxygens (including phenoxy) is 1. The summed E-state index contributed by atoms with van der Waals surface area (Å²) in [6, 6.07) is 21.8. The highest BCUT2D eigenvalue weighted by molar-refractivity contribution is 9.10. The standard InChI is InChI=1S/C25H24BrN3O3S/c1-2-13-32-22-12-11-19(26)15-21(22)24(31)29-25(33)28-20-10-6-9-18(14-20)23(30)27-16-17-7-4-3-5-8-17/h3-12,14-15H,2,13,16H2,1H3,(H,27,30)(H2,28,29,31,33). The zero-order valence-corrected chi connectivity index (χ0v) is 20.5. The summed E-state index contributed by atoms with van der Waals surface area (Å²) in [5.74, 6) is -0.113. The van der Waals surface area contributed by atoms with E-state index in [2.05, 4.69) is 31.9 Å². The lowest BCUT2D eigenvalue weighted by Crippen LogP contribution is -2.34. The number of nitrogens with one attached hydrogen (secondary N) is 3. The van der Waals surface area contributed by atoms with Crippen LogP contribution in [0.3, 0.4) is 0 Å². The average Bonchev–Trinajstić information content (AvgIpc) is 2.82. The number of halogens is 1. The highest BCUT2D eigenvalue weighted by Crippen LogP contribution is 2.23. The van der Waals surface area contributed by atoms with Gasteiger partial charge in [-0.05, 0) is 60.6 Å². The molecule has 0 spiro atoms. The molecule has 170 valence electrons. The van der Waals surface area contributed by atoms with Crippen molar-refractivity contribution in [3.05, 3.63) is 94.0 Å². The number of anilines is 1. The number of carbonyl (C=O) groups is 2. The molecule has 0 saturated heterocycles. The molecule has 3 aromatic carbocycles. The fourth-order valence-corrected chi connectivity index (χ4v) is 3.54. The molecule has 3 rings (SSSR count). The van der Waals surface area contributed by atoms with E-state index in [1.54, 1.807) is 36.4 Å². The number of benzene rings is 3. The summed E-state index contributed by atoms with van der Waals surface area (Å²) in [4.78, 5) is 25.3. The van der Waals surface area contributed by atoms with Crippen molar-refractivity contribution in [3.63, 3.8) is 0 Å². The third-order valence-corrected chi connectivity index (χ3v) is 5.25. The molecule has 8 heteroatoms. The Morgan fingerprint density at radius 2 is 1.76 bits per heavy atom. The first-order valence-corrected chi connectivity index (χ1v) is 11.6. The SMILES string of the molecule is CCCOc1ccc(Br)cc1C(=O)NC(=S)Nc1cccc(C(=O)NCc2ccccc2)c1. The summed E-state index contributed by atoms with van der Waals surface area (Å²) in [7, 11) is 0. The van der Waals surface area contributed by atoms with E-state index in [1.165, 1.54) is 0 Å². The van der Waals surface area contributed by atoms with Gasteiger partial charge in [-0.3, -0.25) is 14.9 Å². The van der Waals surface area contributed by atoms with E-state index in [1.807, 2.05) is 43.3 Å². The molecule has 0 aliphatic heterocycles. The Labute approximate surface area is 206 Å². The van der Waals surface area contributed by atoms with Crippen LogP contribution in [-0.2, 0) is 6.54 Å². The van der Waals surface area contributed by atoms with Crippen molar-refractivity contribution >= 4 is 50.8 Å². The Morgan fingerprint density at radius 1 is 0.970 bits per heavy atom. The highest BCUT2D eigenvalue weighted by atomic mass is 79.9. The van der Waals surface area contributed by atoms with Crippen LogP contribution in [0, 0.1) is 0 Å². The molecule has 0 radical (unpaired) electrons. The molecule has 3 aromatic rings. The first-order valence-electron chi connectivity index (χ1n) is 10.4. The molecule has 0 fully saturated rings. The molecular formula is C25H24BrN3O3S. The van der Waals surface area contributed by atoms with Crippen LogP contribution < -0.4 is 20.7 Å². The van der Waals surface area contributed by atoms with E-state index in [9.17, 15) is 9.59 Å². The predicted molar refractivity (Wildman–Crippen MR) is 138 cm³/mol. The molecule has 0 aliphatic carbocycles. The van der Waals surface area contributed by atoms with Gasteiger partial charge < -0.3 is 15.4 Å². The van der Waals surface area contributed by atoms with Crippen LogP contribution in [0.15, 0.2) is 77.3 Å². The largest absolute Gasteiger partial charge is 0.493 e. The molecule has 2 amide bonds. The minimum absolute atomic E-state index is 0.114. The Kier molecular flexibility index (Phi) is 8.97. The van der Waals surface area contributed by atoms with Crippen LogP contribution in [0.2, 0.25) is 0 Å². The van der Waals surface area contributed by atoms with Crippen molar-refractivity contribution in [3.8, 4) is 5.75 Å². The van der Waals surface area contributed by atoms with E-state index in [0.717, 1.165) is 16.5 Å². The average molecular weight is 526 g/mol. The lowest BCUT2D eigenvalue weighted by molar-refractivity contribution is 0.0948. The summed E-state index contributed by atoms with van der Waals surface area (Å²) in [5, 5.41) is 8.62. The maximum absolute atomic E-state index is 12.8. The highest BCUT2D eigenvalue weighted by Gasteiger charge is 2.15. The maximum atomic E-state index is 12.8. The Bertz CT molecular complexity index is 1140. The van der Waals surface area contributed by atoms with Crippen molar-refractivity contribution in [2.75, 3.05) is 11.9 Å². The summed E-state index contributed by atoms with van der Waals surface area (Å²) in [6.07, 6.45) is 0.826. The Morgan fingerprint density at radius 3 is 2.52 bits per heavy atom. The van der Waals surface area contributed by atoms with Gasteiger partial charge in [-0.1, -0.05) is 59.3 Å². The number of carbonyl (C=O) groups excluding carboxylic acids is 2. The van der Waals surface area contributed by atoms with Gasteiger partial charge in [0.05, 0.1) is 12.2 Å². The number of amides is 2. The van der Waals surface area contributed by atoms with Crippen LogP contribution >= 0.6 is 28.1 Å². The fraction of sp³-hybridized carbons (Fsp3) is 0.160. The topological polar surface area (TPSA) is 79.5 Å². The van der Waals surface area contributed by atoms with Gasteiger partial charge in [0, 0.05) is 22.3 Å². The Hall–Kier alpha value is -3.23. The van der Waals surface area contributed by atoms with E-state index < -0.39 is 5.91 Å². The van der Waals surface area contributed by atoms with Gasteiger partial charge >= 0.3 is 0 Å². The zero-order chi connectivity index (χ0) is 23.6. The second-order valence-corrected chi connectivity index (χ2v) is 8.47. The second kappa shape index (κ2) is 12.1. The molecule has 6 nitrogen and oxygen atoms in total. The predicted octanol–water partition coefficient (Wildman–Crippen LogP) is 5.29. The summed E-state index contributed by atoms with van der Waals surface area (Å²) in [6.45, 7) is 2.93. The van der Waals surface area contributed by atoms with Gasteiger partial charge in [-0.15, -0.1) is 0 Å². The third kappa shape index (κ3) is 7.40. The molecule has 0 unspecified atom stereocenters. The molecule has 0 bridgehead atoms. The van der Waals surface area contributed by atoms with Crippen molar-refractivity contribution in [2.45, 2.75) is 19.9 Å². The molecule has 0 heterocycles. The number of hydrogen-bond donors (Lipinski definition) is 3. The van der Waals surface area contributed by atoms with Gasteiger partial charge in [0.1, 0.15) is 5.75 Å². The van der Waals surface area contributed by atoms with Crippen molar-refractivity contribution in [1.29, 1.82) is 0 Å².